The first kappa shape index (κ1) is 81.4. The monoisotopic (exact) mass is 257 g/mol. The molecule has 7 nitrogen and oxygen atoms in total. The van der Waals surface area contributed by atoms with Gasteiger partial charge in [-0.05, 0) is 0 Å². The molecule has 0 saturated heterocycles. The minimum absolute atomic E-state index is 0. The average molecular weight is 257 g/mol. The fourth-order valence-electron chi connectivity index (χ4n) is 0. The molecule has 0 aliphatic rings. The Labute approximate surface area is 106 Å². The van der Waals surface area contributed by atoms with Crippen molar-refractivity contribution in [1.82, 2.24) is 0 Å². The van der Waals surface area contributed by atoms with E-state index in [1.807, 2.05) is 0 Å². The smallest absolute Gasteiger partial charge is 0.404 e. The molecule has 0 aliphatic heterocycles. The predicted octanol–water partition coefficient (Wildman–Crippen LogP) is 3.33. The fourth-order valence-corrected chi connectivity index (χ4v) is 0. The van der Waals surface area contributed by atoms with Crippen LogP contribution in [0.5, 0.6) is 0 Å². The van der Waals surface area contributed by atoms with Crippen molar-refractivity contribution in [2.75, 3.05) is 7.11 Å². The molecule has 0 aliphatic carbocycles. The Kier molecular flexibility index (Phi) is 702. The largest absolute Gasteiger partial charge is 0.453 e. The molecule has 1 amide bonds. The Morgan fingerprint density at radius 3 is 1.00 bits per heavy atom. The summed E-state index contributed by atoms with van der Waals surface area (Å²) in [7, 11) is 1.22. The molecule has 0 heterocycles. The molecule has 0 bridgehead atoms. The van der Waals surface area contributed by atoms with Gasteiger partial charge in [-0.15, -0.1) is 0 Å². The molecule has 0 radical (unpaired) electrons. The summed E-state index contributed by atoms with van der Waals surface area (Å²) in [4.78, 5) is 26.1. The predicted molar refractivity (Wildman–Crippen MR) is 73.8 cm³/mol. The van der Waals surface area contributed by atoms with Crippen molar-refractivity contribution >= 4 is 18.3 Å². The minimum atomic E-state index is -0.745. The third-order valence-corrected chi connectivity index (χ3v) is 0.201. The van der Waals surface area contributed by atoms with Gasteiger partial charge in [-0.1, -0.05) is 44.6 Å². The molecule has 0 aromatic heterocycles. The maximum absolute atomic E-state index is 9.37. The number of rotatable bonds is 0. The van der Waals surface area contributed by atoms with Crippen LogP contribution >= 0.6 is 0 Å². The molecule has 0 rings (SSSR count). The van der Waals surface area contributed by atoms with Crippen LogP contribution in [-0.2, 0) is 14.3 Å². The van der Waals surface area contributed by atoms with Gasteiger partial charge in [0.1, 0.15) is 0 Å². The van der Waals surface area contributed by atoms with E-state index in [0.717, 1.165) is 12.2 Å². The van der Waals surface area contributed by atoms with Crippen LogP contribution in [0.15, 0.2) is 0 Å². The first-order valence-electron chi connectivity index (χ1n) is 2.01. The van der Waals surface area contributed by atoms with Gasteiger partial charge in [0.25, 0.3) is 0 Å². The first-order valence-corrected chi connectivity index (χ1v) is 2.01. The zero-order valence-corrected chi connectivity index (χ0v) is 5.71. The summed E-state index contributed by atoms with van der Waals surface area (Å²) in [5.74, 6) is 0. The first-order chi connectivity index (χ1) is 5.10. The molecule has 0 unspecified atom stereocenters. The lowest BCUT2D eigenvalue weighted by Gasteiger charge is -1.81. The van der Waals surface area contributed by atoms with Crippen molar-refractivity contribution in [1.29, 1.82) is 10.8 Å². The summed E-state index contributed by atoms with van der Waals surface area (Å²) in [6, 6.07) is 0. The fraction of sp³-hybridized carbons (Fsp3) is 0.700. The van der Waals surface area contributed by atoms with Crippen LogP contribution in [0.1, 0.15) is 44.6 Å². The molecule has 110 valence electrons. The average Bonchev–Trinajstić information content (AvgIpc) is 1.91. The van der Waals surface area contributed by atoms with Crippen LogP contribution in [0.2, 0.25) is 0 Å². The normalized spacial score (nSPS) is 2.88. The van der Waals surface area contributed by atoms with E-state index in [4.69, 9.17) is 20.4 Å². The zero-order valence-electron chi connectivity index (χ0n) is 5.71. The number of methoxy groups -OCH3 is 1. The number of ether oxygens (including phenoxy) is 1. The van der Waals surface area contributed by atoms with Crippen LogP contribution in [0, 0.1) is 10.8 Å². The SMILES string of the molecule is C.C.C.C.C.C.COC(N)=O.N=C=O.N=C=O. The van der Waals surface area contributed by atoms with E-state index in [1.54, 1.807) is 0 Å². The highest BCUT2D eigenvalue weighted by molar-refractivity contribution is 5.64. The van der Waals surface area contributed by atoms with Crippen LogP contribution in [-0.4, -0.2) is 25.4 Å². The summed E-state index contributed by atoms with van der Waals surface area (Å²) >= 11 is 0. The van der Waals surface area contributed by atoms with Crippen molar-refractivity contribution in [2.45, 2.75) is 44.6 Å². The van der Waals surface area contributed by atoms with E-state index in [-0.39, 0.29) is 44.6 Å². The van der Waals surface area contributed by atoms with Gasteiger partial charge >= 0.3 is 6.09 Å². The van der Waals surface area contributed by atoms with Gasteiger partial charge in [-0.2, -0.15) is 0 Å². The van der Waals surface area contributed by atoms with Crippen LogP contribution in [0.3, 0.4) is 0 Å². The van der Waals surface area contributed by atoms with Crippen LogP contribution < -0.4 is 5.73 Å². The Bertz CT molecular complexity index is 149. The summed E-state index contributed by atoms with van der Waals surface area (Å²) < 4.78 is 3.89. The van der Waals surface area contributed by atoms with Gasteiger partial charge in [0.2, 0.25) is 12.2 Å². The molecule has 7 heteroatoms. The Morgan fingerprint density at radius 1 is 0.941 bits per heavy atom. The Morgan fingerprint density at radius 2 is 1.00 bits per heavy atom. The van der Waals surface area contributed by atoms with Gasteiger partial charge in [-0.3, -0.25) is 0 Å². The third kappa shape index (κ3) is 2260000. The molecule has 0 aromatic rings. The van der Waals surface area contributed by atoms with Gasteiger partial charge in [0.05, 0.1) is 7.11 Å². The van der Waals surface area contributed by atoms with E-state index < -0.39 is 6.09 Å². The second kappa shape index (κ2) is 147. The van der Waals surface area contributed by atoms with Crippen molar-refractivity contribution in [3.05, 3.63) is 0 Å². The molecule has 0 atom stereocenters. The molecule has 17 heavy (non-hydrogen) atoms. The maximum Gasteiger partial charge on any atom is 0.404 e. The number of nitrogens with two attached hydrogens (primary N) is 1. The van der Waals surface area contributed by atoms with E-state index in [2.05, 4.69) is 10.5 Å². The van der Waals surface area contributed by atoms with Gasteiger partial charge in [-0.25, -0.2) is 25.2 Å². The molecule has 0 aromatic carbocycles. The Balaban J connectivity index is -0.00000000707. The third-order valence-electron chi connectivity index (χ3n) is 0.201. The van der Waals surface area contributed by atoms with Gasteiger partial charge in [0.15, 0.2) is 0 Å². The lowest BCUT2D eigenvalue weighted by molar-refractivity contribution is 0.182. The summed E-state index contributed by atoms with van der Waals surface area (Å²) in [5.41, 5.74) is 4.43. The summed E-state index contributed by atoms with van der Waals surface area (Å²) in [5, 5.41) is 10.8. The molecule has 0 fully saturated rings. The molecule has 0 spiro atoms. The summed E-state index contributed by atoms with van der Waals surface area (Å²) in [6.07, 6.45) is 0.755. The van der Waals surface area contributed by atoms with Gasteiger partial charge in [0, 0.05) is 0 Å². The second-order valence-electron chi connectivity index (χ2n) is 0.727. The number of isocyanates is 2. The van der Waals surface area contributed by atoms with E-state index in [0.29, 0.717) is 0 Å². The number of hydrogen-bond acceptors (Lipinski definition) is 6. The number of amides is 1. The maximum atomic E-state index is 9.37. The van der Waals surface area contributed by atoms with Crippen molar-refractivity contribution in [3.8, 4) is 0 Å². The number of carbonyl (C=O) groups excluding carboxylic acids is 3. The van der Waals surface area contributed by atoms with Crippen molar-refractivity contribution in [2.24, 2.45) is 5.73 Å². The highest BCUT2D eigenvalue weighted by Crippen LogP contribution is 1.55. The molecular weight excluding hydrogens is 226 g/mol. The minimum Gasteiger partial charge on any atom is -0.453 e. The lowest BCUT2D eigenvalue weighted by Crippen LogP contribution is -2.08. The number of primary amides is 1. The summed E-state index contributed by atoms with van der Waals surface area (Å²) in [6.45, 7) is 0. The van der Waals surface area contributed by atoms with E-state index >= 15 is 0 Å². The van der Waals surface area contributed by atoms with Crippen molar-refractivity contribution in [3.63, 3.8) is 0 Å². The molecule has 4 N–H and O–H groups in total. The molecule has 0 saturated carbocycles. The second-order valence-corrected chi connectivity index (χ2v) is 0.727. The van der Waals surface area contributed by atoms with Crippen LogP contribution in [0.4, 0.5) is 4.79 Å². The Hall–Kier alpha value is -1.97. The number of hydrogen-bond donors (Lipinski definition) is 3. The van der Waals surface area contributed by atoms with Crippen molar-refractivity contribution < 1.29 is 19.1 Å². The highest BCUT2D eigenvalue weighted by atomic mass is 16.5. The number of nitrogens with one attached hydrogen (secondary N) is 2. The standard InChI is InChI=1S/C2H5NO2.2CHNO.6CH4/c1-5-2(3)4;2*2-1-3;;;;;;/h1H3,(H2,3,4);2*2H;6*1H4. The van der Waals surface area contributed by atoms with E-state index in [1.165, 1.54) is 7.11 Å². The van der Waals surface area contributed by atoms with Crippen LogP contribution in [0.25, 0.3) is 0 Å². The topological polar surface area (TPSA) is 134 Å². The van der Waals surface area contributed by atoms with E-state index in [9.17, 15) is 4.79 Å². The zero-order chi connectivity index (χ0) is 9.70. The van der Waals surface area contributed by atoms with Gasteiger partial charge < -0.3 is 10.5 Å². The quantitative estimate of drug-likeness (QED) is 0.453. The highest BCUT2D eigenvalue weighted by Gasteiger charge is 1.76. The molecular formula is C10H31N3O4. The lowest BCUT2D eigenvalue weighted by atomic mass is 11.3. The number of carbonyl (C=O) groups is 1.